The number of nitrogens with zero attached hydrogens (tertiary/aromatic N) is 2. The average molecular weight is 423 g/mol. The van der Waals surface area contributed by atoms with Crippen LogP contribution in [-0.4, -0.2) is 18.0 Å². The van der Waals surface area contributed by atoms with Gasteiger partial charge in [-0.25, -0.2) is 0 Å². The molecule has 1 aliphatic rings. The van der Waals surface area contributed by atoms with Gasteiger partial charge in [-0.05, 0) is 59.0 Å². The van der Waals surface area contributed by atoms with Crippen molar-refractivity contribution in [2.24, 2.45) is 5.18 Å². The van der Waals surface area contributed by atoms with Crippen molar-refractivity contribution in [3.05, 3.63) is 58.0 Å². The van der Waals surface area contributed by atoms with E-state index < -0.39 is 0 Å². The number of rotatable bonds is 5. The summed E-state index contributed by atoms with van der Waals surface area (Å²) in [5.41, 5.74) is 10.6. The zero-order valence-electron chi connectivity index (χ0n) is 12.7. The number of benzene rings is 2. The zero-order valence-corrected chi connectivity index (χ0v) is 14.8. The monoisotopic (exact) mass is 423 g/mol. The van der Waals surface area contributed by atoms with E-state index in [2.05, 4.69) is 22.2 Å². The molecular formula is C17H18IN3O2. The Morgan fingerprint density at radius 2 is 2.00 bits per heavy atom. The van der Waals surface area contributed by atoms with Crippen LogP contribution in [0, 0.1) is 4.91 Å². The third-order valence-corrected chi connectivity index (χ3v) is 4.72. The molecule has 0 aliphatic carbocycles. The number of hydrogen-bond acceptors (Lipinski definition) is 5. The van der Waals surface area contributed by atoms with Gasteiger partial charge in [0.25, 0.3) is 0 Å². The van der Waals surface area contributed by atoms with Crippen LogP contribution in [-0.2, 0) is 19.4 Å². The van der Waals surface area contributed by atoms with Crippen molar-refractivity contribution in [1.82, 2.24) is 4.90 Å². The summed E-state index contributed by atoms with van der Waals surface area (Å²) in [5.74, 6) is 0.541. The minimum Gasteiger partial charge on any atom is -0.425 e. The first-order valence-corrected chi connectivity index (χ1v) is 8.42. The van der Waals surface area contributed by atoms with Crippen molar-refractivity contribution in [3.63, 3.8) is 0 Å². The number of hydrogen-bond donors (Lipinski definition) is 1. The molecule has 5 nitrogen and oxygen atoms in total. The molecule has 0 spiro atoms. The molecule has 0 atom stereocenters. The zero-order chi connectivity index (χ0) is 16.2. The van der Waals surface area contributed by atoms with Gasteiger partial charge in [-0.3, -0.25) is 4.90 Å². The van der Waals surface area contributed by atoms with Gasteiger partial charge in [-0.2, -0.15) is 0 Å². The highest BCUT2D eigenvalue weighted by atomic mass is 127. The Morgan fingerprint density at radius 3 is 2.70 bits per heavy atom. The molecular weight excluding hydrogens is 405 g/mol. The first kappa shape index (κ1) is 16.2. The number of halogens is 1. The third-order valence-electron chi connectivity index (χ3n) is 4.25. The first-order chi connectivity index (χ1) is 11.2. The summed E-state index contributed by atoms with van der Waals surface area (Å²) in [4.78, 5) is 13.3. The van der Waals surface area contributed by atoms with E-state index in [0.717, 1.165) is 38.2 Å². The molecule has 23 heavy (non-hydrogen) atoms. The van der Waals surface area contributed by atoms with Crippen molar-refractivity contribution >= 4 is 34.4 Å². The van der Waals surface area contributed by atoms with Crippen molar-refractivity contribution < 1.29 is 3.07 Å². The van der Waals surface area contributed by atoms with Crippen LogP contribution in [0.5, 0.6) is 5.75 Å². The standard InChI is InChI=1S/C17H18IN3O2/c18-23-17-10-14-11-21(8-6-13(14)9-16(17)20-22)7-5-12-1-3-15(19)4-2-12/h1-4,9-10H,5-8,11,19H2. The average Bonchev–Trinajstić information content (AvgIpc) is 2.59. The molecule has 0 saturated carbocycles. The Hall–Kier alpha value is -1.67. The number of nitroso groups, excluding NO2 is 1. The molecule has 0 unspecified atom stereocenters. The highest BCUT2D eigenvalue weighted by Crippen LogP contribution is 2.34. The van der Waals surface area contributed by atoms with Crippen LogP contribution in [0.15, 0.2) is 41.6 Å². The Balaban J connectivity index is 1.67. The van der Waals surface area contributed by atoms with Crippen LogP contribution < -0.4 is 8.80 Å². The Labute approximate surface area is 149 Å². The normalized spacial score (nSPS) is 14.3. The van der Waals surface area contributed by atoms with E-state index in [1.165, 1.54) is 16.7 Å². The second-order valence-corrected chi connectivity index (χ2v) is 6.22. The van der Waals surface area contributed by atoms with Crippen LogP contribution in [0.4, 0.5) is 11.4 Å². The maximum absolute atomic E-state index is 10.9. The summed E-state index contributed by atoms with van der Waals surface area (Å²) in [7, 11) is 0. The molecule has 2 aromatic rings. The van der Waals surface area contributed by atoms with E-state index in [0.29, 0.717) is 11.4 Å². The Morgan fingerprint density at radius 1 is 1.22 bits per heavy atom. The maximum atomic E-state index is 10.9. The smallest absolute Gasteiger partial charge is 0.192 e. The van der Waals surface area contributed by atoms with Crippen molar-refractivity contribution in [2.45, 2.75) is 19.4 Å². The lowest BCUT2D eigenvalue weighted by molar-refractivity contribution is 0.257. The highest BCUT2D eigenvalue weighted by molar-refractivity contribution is 14.1. The molecule has 0 aromatic heterocycles. The molecule has 2 aromatic carbocycles. The minimum absolute atomic E-state index is 0.383. The molecule has 3 rings (SSSR count). The van der Waals surface area contributed by atoms with E-state index in [9.17, 15) is 4.91 Å². The van der Waals surface area contributed by atoms with Crippen molar-refractivity contribution in [2.75, 3.05) is 18.8 Å². The molecule has 1 heterocycles. The van der Waals surface area contributed by atoms with E-state index in [4.69, 9.17) is 8.80 Å². The predicted octanol–water partition coefficient (Wildman–Crippen LogP) is 4.00. The largest absolute Gasteiger partial charge is 0.425 e. The molecule has 0 amide bonds. The SMILES string of the molecule is Nc1ccc(CCN2CCc3cc(N=O)c(OI)cc3C2)cc1. The number of nitrogens with two attached hydrogens (primary N) is 1. The second kappa shape index (κ2) is 7.27. The van der Waals surface area contributed by atoms with Gasteiger partial charge in [0.05, 0.1) is 0 Å². The summed E-state index contributed by atoms with van der Waals surface area (Å²) < 4.78 is 5.22. The van der Waals surface area contributed by atoms with Crippen LogP contribution in [0.25, 0.3) is 0 Å². The highest BCUT2D eigenvalue weighted by Gasteiger charge is 2.19. The van der Waals surface area contributed by atoms with E-state index in [1.807, 2.05) is 24.3 Å². The molecule has 120 valence electrons. The Kier molecular flexibility index (Phi) is 5.12. The van der Waals surface area contributed by atoms with Gasteiger partial charge >= 0.3 is 0 Å². The third kappa shape index (κ3) is 3.81. The summed E-state index contributed by atoms with van der Waals surface area (Å²) in [6.45, 7) is 2.86. The maximum Gasteiger partial charge on any atom is 0.192 e. The van der Waals surface area contributed by atoms with E-state index in [1.54, 1.807) is 23.0 Å². The van der Waals surface area contributed by atoms with E-state index >= 15 is 0 Å². The minimum atomic E-state index is 0.383. The summed E-state index contributed by atoms with van der Waals surface area (Å²) in [5, 5.41) is 3.05. The number of anilines is 1. The number of fused-ring (bicyclic) bond motifs is 1. The lowest BCUT2D eigenvalue weighted by Crippen LogP contribution is -2.32. The molecule has 0 radical (unpaired) electrons. The van der Waals surface area contributed by atoms with Gasteiger partial charge in [0.1, 0.15) is 0 Å². The molecule has 2 N–H and O–H groups in total. The van der Waals surface area contributed by atoms with E-state index in [-0.39, 0.29) is 0 Å². The molecule has 0 fully saturated rings. The van der Waals surface area contributed by atoms with Crippen molar-refractivity contribution in [1.29, 1.82) is 0 Å². The molecule has 6 heteroatoms. The van der Waals surface area contributed by atoms with Crippen LogP contribution in [0.2, 0.25) is 0 Å². The second-order valence-electron chi connectivity index (χ2n) is 5.77. The lowest BCUT2D eigenvalue weighted by Gasteiger charge is -2.29. The fourth-order valence-electron chi connectivity index (χ4n) is 2.93. The van der Waals surface area contributed by atoms with Crippen molar-refractivity contribution in [3.8, 4) is 5.75 Å². The predicted molar refractivity (Wildman–Crippen MR) is 100 cm³/mol. The Bertz CT molecular complexity index is 704. The van der Waals surface area contributed by atoms with Gasteiger partial charge in [-0.15, -0.1) is 4.91 Å². The molecule has 1 aliphatic heterocycles. The van der Waals surface area contributed by atoms with Crippen LogP contribution in [0.3, 0.4) is 0 Å². The topological polar surface area (TPSA) is 67.9 Å². The lowest BCUT2D eigenvalue weighted by atomic mass is 9.98. The van der Waals surface area contributed by atoms with Crippen LogP contribution >= 0.6 is 23.0 Å². The van der Waals surface area contributed by atoms with Gasteiger partial charge in [0, 0.05) is 25.3 Å². The van der Waals surface area contributed by atoms with Gasteiger partial charge in [-0.1, -0.05) is 12.1 Å². The quantitative estimate of drug-likeness (QED) is 0.449. The summed E-state index contributed by atoms with van der Waals surface area (Å²) in [6, 6.07) is 11.8. The summed E-state index contributed by atoms with van der Waals surface area (Å²) >= 11 is 1.79. The van der Waals surface area contributed by atoms with Gasteiger partial charge < -0.3 is 8.80 Å². The van der Waals surface area contributed by atoms with Gasteiger partial charge in [0.15, 0.2) is 34.4 Å². The first-order valence-electron chi connectivity index (χ1n) is 7.54. The number of nitrogen functional groups attached to an aromatic ring is 1. The molecule has 0 saturated heterocycles. The summed E-state index contributed by atoms with van der Waals surface area (Å²) in [6.07, 6.45) is 1.93. The van der Waals surface area contributed by atoms with Crippen LogP contribution in [0.1, 0.15) is 16.7 Å². The molecule has 0 bridgehead atoms. The fourth-order valence-corrected chi connectivity index (χ4v) is 3.28. The van der Waals surface area contributed by atoms with Gasteiger partial charge in [0.2, 0.25) is 0 Å². The fraction of sp³-hybridized carbons (Fsp3) is 0.294.